The molecule has 0 radical (unpaired) electrons. The molecule has 0 aliphatic carbocycles. The zero-order valence-electron chi connectivity index (χ0n) is 11.9. The van der Waals surface area contributed by atoms with Crippen LogP contribution >= 0.6 is 0 Å². The molecule has 0 bridgehead atoms. The number of nitrogens with zero attached hydrogens (tertiary/aromatic N) is 1. The van der Waals surface area contributed by atoms with Crippen LogP contribution in [0.4, 0.5) is 5.69 Å². The minimum absolute atomic E-state index is 0.122. The molecule has 1 aliphatic rings. The molecule has 112 valence electrons. The standard InChI is InChI=1S/C14H22N2O3S/c1-11(2)15-20(18,19)14-5-3-13(4-6-14)16-8-7-12(9-16)10-17/h3-6,11-12,15,17H,7-10H2,1-2H3. The first-order valence-corrected chi connectivity index (χ1v) is 8.39. The van der Waals surface area contributed by atoms with Crippen molar-refractivity contribution in [2.45, 2.75) is 31.2 Å². The third-order valence-electron chi connectivity index (χ3n) is 3.45. The molecule has 1 aromatic carbocycles. The Morgan fingerprint density at radius 3 is 2.50 bits per heavy atom. The molecular formula is C14H22N2O3S. The number of hydrogen-bond acceptors (Lipinski definition) is 4. The molecule has 20 heavy (non-hydrogen) atoms. The normalized spacial score (nSPS) is 19.8. The van der Waals surface area contributed by atoms with Crippen molar-refractivity contribution in [1.82, 2.24) is 4.72 Å². The molecule has 1 aliphatic heterocycles. The number of anilines is 1. The van der Waals surface area contributed by atoms with Gasteiger partial charge in [-0.05, 0) is 44.5 Å². The van der Waals surface area contributed by atoms with Crippen molar-refractivity contribution >= 4 is 15.7 Å². The molecule has 2 N–H and O–H groups in total. The van der Waals surface area contributed by atoms with E-state index in [-0.39, 0.29) is 17.5 Å². The Bertz CT molecular complexity index is 540. The van der Waals surface area contributed by atoms with E-state index in [2.05, 4.69) is 9.62 Å². The highest BCUT2D eigenvalue weighted by Gasteiger charge is 2.22. The van der Waals surface area contributed by atoms with Crippen molar-refractivity contribution in [3.63, 3.8) is 0 Å². The van der Waals surface area contributed by atoms with E-state index < -0.39 is 10.0 Å². The van der Waals surface area contributed by atoms with Gasteiger partial charge in [0, 0.05) is 37.3 Å². The van der Waals surface area contributed by atoms with Gasteiger partial charge in [-0.15, -0.1) is 0 Å². The summed E-state index contributed by atoms with van der Waals surface area (Å²) in [6.07, 6.45) is 0.978. The van der Waals surface area contributed by atoms with Gasteiger partial charge in [0.05, 0.1) is 4.90 Å². The van der Waals surface area contributed by atoms with Gasteiger partial charge in [0.25, 0.3) is 0 Å². The first-order valence-electron chi connectivity index (χ1n) is 6.90. The molecule has 2 rings (SSSR count). The maximum atomic E-state index is 12.0. The maximum absolute atomic E-state index is 12.0. The summed E-state index contributed by atoms with van der Waals surface area (Å²) in [6.45, 7) is 5.53. The molecule has 1 atom stereocenters. The molecule has 1 heterocycles. The van der Waals surface area contributed by atoms with Crippen molar-refractivity contribution in [1.29, 1.82) is 0 Å². The highest BCUT2D eigenvalue weighted by Crippen LogP contribution is 2.24. The maximum Gasteiger partial charge on any atom is 0.240 e. The first-order chi connectivity index (χ1) is 9.42. The Kier molecular flexibility index (Phi) is 4.67. The van der Waals surface area contributed by atoms with Crippen LogP contribution in [0.25, 0.3) is 0 Å². The van der Waals surface area contributed by atoms with Crippen LogP contribution in [0.3, 0.4) is 0 Å². The lowest BCUT2D eigenvalue weighted by molar-refractivity contribution is 0.238. The molecule has 1 unspecified atom stereocenters. The van der Waals surface area contributed by atoms with Gasteiger partial charge in [-0.3, -0.25) is 0 Å². The van der Waals surface area contributed by atoms with Gasteiger partial charge in [0.15, 0.2) is 0 Å². The number of hydrogen-bond donors (Lipinski definition) is 2. The molecule has 6 heteroatoms. The summed E-state index contributed by atoms with van der Waals surface area (Å²) in [5, 5.41) is 9.15. The second-order valence-corrected chi connectivity index (χ2v) is 7.27. The molecule has 0 amide bonds. The van der Waals surface area contributed by atoms with E-state index in [1.165, 1.54) is 0 Å². The number of aliphatic hydroxyl groups is 1. The van der Waals surface area contributed by atoms with E-state index in [1.54, 1.807) is 26.0 Å². The van der Waals surface area contributed by atoms with Gasteiger partial charge in [-0.1, -0.05) is 0 Å². The van der Waals surface area contributed by atoms with Crippen LogP contribution in [0, 0.1) is 5.92 Å². The summed E-state index contributed by atoms with van der Waals surface area (Å²) in [6, 6.07) is 6.80. The number of sulfonamides is 1. The molecule has 1 saturated heterocycles. The van der Waals surface area contributed by atoms with Crippen LogP contribution in [0.1, 0.15) is 20.3 Å². The van der Waals surface area contributed by atoms with E-state index in [9.17, 15) is 8.42 Å². The van der Waals surface area contributed by atoms with Crippen LogP contribution in [0.5, 0.6) is 0 Å². The van der Waals surface area contributed by atoms with E-state index in [0.717, 1.165) is 25.2 Å². The molecule has 5 nitrogen and oxygen atoms in total. The fourth-order valence-electron chi connectivity index (χ4n) is 2.43. The zero-order chi connectivity index (χ0) is 14.8. The summed E-state index contributed by atoms with van der Waals surface area (Å²) in [5.41, 5.74) is 1.00. The largest absolute Gasteiger partial charge is 0.396 e. The second kappa shape index (κ2) is 6.11. The third-order valence-corrected chi connectivity index (χ3v) is 5.12. The smallest absolute Gasteiger partial charge is 0.240 e. The lowest BCUT2D eigenvalue weighted by Crippen LogP contribution is -2.30. The first kappa shape index (κ1) is 15.3. The fraction of sp³-hybridized carbons (Fsp3) is 0.571. The van der Waals surface area contributed by atoms with Crippen molar-refractivity contribution in [3.8, 4) is 0 Å². The van der Waals surface area contributed by atoms with Crippen LogP contribution in [0.15, 0.2) is 29.2 Å². The Labute approximate surface area is 120 Å². The fourth-order valence-corrected chi connectivity index (χ4v) is 3.68. The number of aliphatic hydroxyl groups excluding tert-OH is 1. The van der Waals surface area contributed by atoms with Crippen molar-refractivity contribution < 1.29 is 13.5 Å². The average molecular weight is 298 g/mol. The van der Waals surface area contributed by atoms with Gasteiger partial charge >= 0.3 is 0 Å². The summed E-state index contributed by atoms with van der Waals surface area (Å²) < 4.78 is 26.6. The summed E-state index contributed by atoms with van der Waals surface area (Å²) >= 11 is 0. The highest BCUT2D eigenvalue weighted by atomic mass is 32.2. The highest BCUT2D eigenvalue weighted by molar-refractivity contribution is 7.89. The van der Waals surface area contributed by atoms with Crippen molar-refractivity contribution in [2.75, 3.05) is 24.6 Å². The summed E-state index contributed by atoms with van der Waals surface area (Å²) in [5.74, 6) is 0.320. The van der Waals surface area contributed by atoms with Crippen LogP contribution in [0.2, 0.25) is 0 Å². The van der Waals surface area contributed by atoms with Crippen molar-refractivity contribution in [3.05, 3.63) is 24.3 Å². The Balaban J connectivity index is 2.11. The summed E-state index contributed by atoms with van der Waals surface area (Å²) in [4.78, 5) is 2.46. The van der Waals surface area contributed by atoms with Crippen LogP contribution in [-0.4, -0.2) is 39.3 Å². The van der Waals surface area contributed by atoms with Gasteiger partial charge in [0.1, 0.15) is 0 Å². The minimum Gasteiger partial charge on any atom is -0.396 e. The Hall–Kier alpha value is -1.11. The Morgan fingerprint density at radius 2 is 2.00 bits per heavy atom. The predicted molar refractivity (Wildman–Crippen MR) is 79.3 cm³/mol. The molecule has 1 aromatic rings. The van der Waals surface area contributed by atoms with Crippen molar-refractivity contribution in [2.24, 2.45) is 5.92 Å². The van der Waals surface area contributed by atoms with E-state index >= 15 is 0 Å². The van der Waals surface area contributed by atoms with Gasteiger partial charge < -0.3 is 10.0 Å². The van der Waals surface area contributed by atoms with Gasteiger partial charge in [-0.2, -0.15) is 0 Å². The van der Waals surface area contributed by atoms with Gasteiger partial charge in [-0.25, -0.2) is 13.1 Å². The predicted octanol–water partition coefficient (Wildman–Crippen LogP) is 1.19. The SMILES string of the molecule is CC(C)NS(=O)(=O)c1ccc(N2CCC(CO)C2)cc1. The van der Waals surface area contributed by atoms with E-state index in [1.807, 2.05) is 12.1 Å². The number of benzene rings is 1. The monoisotopic (exact) mass is 298 g/mol. The number of nitrogens with one attached hydrogen (secondary N) is 1. The average Bonchev–Trinajstić information content (AvgIpc) is 2.86. The molecule has 0 saturated carbocycles. The van der Waals surface area contributed by atoms with E-state index in [0.29, 0.717) is 5.92 Å². The molecule has 1 fully saturated rings. The van der Waals surface area contributed by atoms with Crippen LogP contribution in [-0.2, 0) is 10.0 Å². The third kappa shape index (κ3) is 3.50. The number of rotatable bonds is 5. The molecule has 0 spiro atoms. The second-order valence-electron chi connectivity index (χ2n) is 5.55. The van der Waals surface area contributed by atoms with Gasteiger partial charge in [0.2, 0.25) is 10.0 Å². The summed E-state index contributed by atoms with van der Waals surface area (Å²) in [7, 11) is -3.42. The minimum atomic E-state index is -3.42. The quantitative estimate of drug-likeness (QED) is 0.857. The lowest BCUT2D eigenvalue weighted by atomic mass is 10.1. The lowest BCUT2D eigenvalue weighted by Gasteiger charge is -2.19. The molecule has 0 aromatic heterocycles. The van der Waals surface area contributed by atoms with Crippen LogP contribution < -0.4 is 9.62 Å². The Morgan fingerprint density at radius 1 is 1.35 bits per heavy atom. The molecular weight excluding hydrogens is 276 g/mol. The topological polar surface area (TPSA) is 69.6 Å². The van der Waals surface area contributed by atoms with E-state index in [4.69, 9.17) is 5.11 Å². The zero-order valence-corrected chi connectivity index (χ0v) is 12.7.